The lowest BCUT2D eigenvalue weighted by atomic mass is 10.1. The minimum atomic E-state index is -0.133. The van der Waals surface area contributed by atoms with Gasteiger partial charge in [0.15, 0.2) is 15.5 Å². The number of para-hydroxylation sites is 2. The summed E-state index contributed by atoms with van der Waals surface area (Å²) >= 11 is 16.8. The van der Waals surface area contributed by atoms with E-state index in [-0.39, 0.29) is 22.5 Å². The second kappa shape index (κ2) is 16.8. The maximum absolute atomic E-state index is 9.50. The topological polar surface area (TPSA) is 113 Å². The van der Waals surface area contributed by atoms with E-state index >= 15 is 0 Å². The molecule has 0 amide bonds. The molecule has 2 aromatic carbocycles. The Balaban J connectivity index is 0.000000144. The van der Waals surface area contributed by atoms with Crippen LogP contribution < -0.4 is 14.5 Å². The first-order valence-corrected chi connectivity index (χ1v) is 17.2. The lowest BCUT2D eigenvalue weighted by Crippen LogP contribution is -2.38. The molecule has 2 fully saturated rings. The first-order chi connectivity index (χ1) is 23.9. The standard InChI is InChI=1S/C18H17ClN4O.C14H16N2O.C4H2Cl2N2/c19-17-18(21-10-9-20-17)24-14-7-11-23(12-8-14)16-6-5-13-3-1-2-4-15(13)22-16;17-12-7-9-16(10-8-12)14-6-5-11-3-1-2-4-13(11)15-14;5-3-4(6)8-2-1-7-3/h1-6,9-10,14H,7-8,11-12H2;1-6,12,17H,7-10H2;1-2H. The second-order valence-corrected chi connectivity index (χ2v) is 12.6. The average molecular weight is 718 g/mol. The number of aromatic nitrogens is 6. The molecule has 0 atom stereocenters. The fraction of sp³-hybridized carbons (Fsp3) is 0.278. The zero-order valence-corrected chi connectivity index (χ0v) is 28.9. The van der Waals surface area contributed by atoms with Crippen LogP contribution in [-0.2, 0) is 0 Å². The number of rotatable bonds is 4. The lowest BCUT2D eigenvalue weighted by Gasteiger charge is -2.32. The zero-order chi connectivity index (χ0) is 34.0. The highest BCUT2D eigenvalue weighted by molar-refractivity contribution is 6.40. The van der Waals surface area contributed by atoms with Gasteiger partial charge in [0, 0.05) is 74.6 Å². The Hall–Kier alpha value is -4.35. The highest BCUT2D eigenvalue weighted by Crippen LogP contribution is 2.26. The number of fused-ring (bicyclic) bond motifs is 2. The third kappa shape index (κ3) is 9.42. The molecule has 0 aliphatic carbocycles. The normalized spacial score (nSPS) is 15.3. The van der Waals surface area contributed by atoms with Crippen molar-refractivity contribution in [3.8, 4) is 5.88 Å². The van der Waals surface area contributed by atoms with Crippen LogP contribution in [0.25, 0.3) is 21.8 Å². The number of halogens is 3. The van der Waals surface area contributed by atoms with E-state index in [1.807, 2.05) is 36.4 Å². The summed E-state index contributed by atoms with van der Waals surface area (Å²) in [5.74, 6) is 2.46. The number of aliphatic hydroxyl groups is 1. The highest BCUT2D eigenvalue weighted by atomic mass is 35.5. The van der Waals surface area contributed by atoms with Gasteiger partial charge < -0.3 is 19.6 Å². The molecule has 0 radical (unpaired) electrons. The van der Waals surface area contributed by atoms with Crippen molar-refractivity contribution in [1.82, 2.24) is 29.9 Å². The van der Waals surface area contributed by atoms with E-state index in [1.165, 1.54) is 17.8 Å². The quantitative estimate of drug-likeness (QED) is 0.195. The van der Waals surface area contributed by atoms with Gasteiger partial charge in [0.1, 0.15) is 17.7 Å². The summed E-state index contributed by atoms with van der Waals surface area (Å²) in [6.07, 6.45) is 9.58. The summed E-state index contributed by atoms with van der Waals surface area (Å²) in [5, 5.41) is 12.6. The van der Waals surface area contributed by atoms with Gasteiger partial charge >= 0.3 is 0 Å². The number of ether oxygens (including phenoxy) is 1. The van der Waals surface area contributed by atoms with Crippen LogP contribution in [0.1, 0.15) is 25.7 Å². The SMILES string of the molecule is Clc1nccnc1Cl.Clc1nccnc1OC1CCN(c2ccc3ccccc3n2)CC1.OC1CCN(c2ccc3ccccc3n2)CC1. The molecule has 252 valence electrons. The molecule has 2 aliphatic heterocycles. The number of piperidine rings is 2. The molecular weight excluding hydrogens is 683 g/mol. The summed E-state index contributed by atoms with van der Waals surface area (Å²) in [6, 6.07) is 24.7. The number of hydrogen-bond donors (Lipinski definition) is 1. The van der Waals surface area contributed by atoms with E-state index in [1.54, 1.807) is 12.4 Å². The average Bonchev–Trinajstić information content (AvgIpc) is 3.14. The van der Waals surface area contributed by atoms with Crippen molar-refractivity contribution in [1.29, 1.82) is 0 Å². The molecule has 6 aromatic rings. The molecule has 13 heteroatoms. The molecule has 6 heterocycles. The number of nitrogens with zero attached hydrogens (tertiary/aromatic N) is 8. The van der Waals surface area contributed by atoms with E-state index in [9.17, 15) is 5.11 Å². The van der Waals surface area contributed by atoms with Gasteiger partial charge in [-0.15, -0.1) is 0 Å². The number of aliphatic hydroxyl groups excluding tert-OH is 1. The van der Waals surface area contributed by atoms with E-state index in [0.717, 1.165) is 79.9 Å². The Morgan fingerprint density at radius 1 is 0.551 bits per heavy atom. The largest absolute Gasteiger partial charge is 0.472 e. The molecule has 0 spiro atoms. The van der Waals surface area contributed by atoms with E-state index < -0.39 is 0 Å². The molecule has 1 N–H and O–H groups in total. The Labute approximate surface area is 299 Å². The summed E-state index contributed by atoms with van der Waals surface area (Å²) in [7, 11) is 0. The van der Waals surface area contributed by atoms with Gasteiger partial charge in [0.05, 0.1) is 17.1 Å². The molecule has 49 heavy (non-hydrogen) atoms. The number of anilines is 2. The van der Waals surface area contributed by atoms with Gasteiger partial charge in [-0.1, -0.05) is 71.2 Å². The van der Waals surface area contributed by atoms with Crippen molar-refractivity contribution in [2.75, 3.05) is 36.0 Å². The molecule has 0 saturated carbocycles. The van der Waals surface area contributed by atoms with Crippen LogP contribution in [0.2, 0.25) is 15.5 Å². The van der Waals surface area contributed by atoms with Crippen molar-refractivity contribution in [3.63, 3.8) is 0 Å². The molecule has 0 unspecified atom stereocenters. The molecule has 8 rings (SSSR count). The van der Waals surface area contributed by atoms with Crippen LogP contribution in [-0.4, -0.2) is 73.4 Å². The molecular formula is C36H35Cl3N8O2. The third-order valence-corrected chi connectivity index (χ3v) is 9.14. The number of benzene rings is 2. The monoisotopic (exact) mass is 716 g/mol. The molecule has 10 nitrogen and oxygen atoms in total. The van der Waals surface area contributed by atoms with Crippen LogP contribution in [0.5, 0.6) is 5.88 Å². The van der Waals surface area contributed by atoms with Gasteiger partial charge in [-0.05, 0) is 49.2 Å². The molecule has 2 aliphatic rings. The van der Waals surface area contributed by atoms with Crippen LogP contribution in [0.3, 0.4) is 0 Å². The fourth-order valence-electron chi connectivity index (χ4n) is 5.61. The minimum Gasteiger partial charge on any atom is -0.472 e. The Morgan fingerprint density at radius 2 is 1.00 bits per heavy atom. The lowest BCUT2D eigenvalue weighted by molar-refractivity contribution is 0.145. The van der Waals surface area contributed by atoms with Gasteiger partial charge in [0.2, 0.25) is 0 Å². The van der Waals surface area contributed by atoms with Crippen LogP contribution in [0, 0.1) is 0 Å². The van der Waals surface area contributed by atoms with E-state index in [4.69, 9.17) is 44.5 Å². The minimum absolute atomic E-state index is 0.107. The van der Waals surface area contributed by atoms with E-state index in [2.05, 4.69) is 71.1 Å². The molecule has 2 saturated heterocycles. The van der Waals surface area contributed by atoms with Crippen molar-refractivity contribution in [3.05, 3.63) is 113 Å². The maximum Gasteiger partial charge on any atom is 0.252 e. The predicted molar refractivity (Wildman–Crippen MR) is 196 cm³/mol. The van der Waals surface area contributed by atoms with Crippen molar-refractivity contribution in [2.24, 2.45) is 0 Å². The van der Waals surface area contributed by atoms with E-state index in [0.29, 0.717) is 11.0 Å². The summed E-state index contributed by atoms with van der Waals surface area (Å²) in [6.45, 7) is 3.58. The first-order valence-electron chi connectivity index (χ1n) is 16.1. The first kappa shape index (κ1) is 34.5. The number of pyridine rings is 2. The molecule has 0 bridgehead atoms. The maximum atomic E-state index is 9.50. The van der Waals surface area contributed by atoms with Crippen LogP contribution >= 0.6 is 34.8 Å². The van der Waals surface area contributed by atoms with Crippen molar-refractivity contribution < 1.29 is 9.84 Å². The summed E-state index contributed by atoms with van der Waals surface area (Å²) in [5.41, 5.74) is 2.07. The zero-order valence-electron chi connectivity index (χ0n) is 26.6. The second-order valence-electron chi connectivity index (χ2n) is 11.5. The van der Waals surface area contributed by atoms with Gasteiger partial charge in [-0.25, -0.2) is 29.9 Å². The van der Waals surface area contributed by atoms with Gasteiger partial charge in [-0.3, -0.25) is 0 Å². The van der Waals surface area contributed by atoms with Gasteiger partial charge in [0.25, 0.3) is 5.88 Å². The molecule has 4 aromatic heterocycles. The van der Waals surface area contributed by atoms with Gasteiger partial charge in [-0.2, -0.15) is 0 Å². The van der Waals surface area contributed by atoms with Crippen molar-refractivity contribution in [2.45, 2.75) is 37.9 Å². The van der Waals surface area contributed by atoms with Crippen LogP contribution in [0.15, 0.2) is 97.6 Å². The Kier molecular flexibility index (Phi) is 11.9. The predicted octanol–water partition coefficient (Wildman–Crippen LogP) is 7.71. The summed E-state index contributed by atoms with van der Waals surface area (Å²) < 4.78 is 5.89. The fourth-order valence-corrected chi connectivity index (χ4v) is 5.97. The number of hydrogen-bond acceptors (Lipinski definition) is 10. The smallest absolute Gasteiger partial charge is 0.252 e. The van der Waals surface area contributed by atoms with Crippen molar-refractivity contribution >= 4 is 68.2 Å². The Bertz CT molecular complexity index is 1950. The van der Waals surface area contributed by atoms with Crippen LogP contribution in [0.4, 0.5) is 11.6 Å². The summed E-state index contributed by atoms with van der Waals surface area (Å²) in [4.78, 5) is 29.4. The Morgan fingerprint density at radius 3 is 1.49 bits per heavy atom. The highest BCUT2D eigenvalue weighted by Gasteiger charge is 2.23. The third-order valence-electron chi connectivity index (χ3n) is 8.24.